The van der Waals surface area contributed by atoms with Crippen LogP contribution in [0.4, 0.5) is 5.82 Å². The van der Waals surface area contributed by atoms with Gasteiger partial charge in [0.1, 0.15) is 18.1 Å². The van der Waals surface area contributed by atoms with E-state index in [0.29, 0.717) is 5.82 Å². The summed E-state index contributed by atoms with van der Waals surface area (Å²) in [5, 5.41) is 2.92. The predicted molar refractivity (Wildman–Crippen MR) is 63.7 cm³/mol. The Kier molecular flexibility index (Phi) is 3.30. The summed E-state index contributed by atoms with van der Waals surface area (Å²) >= 11 is 0. The fraction of sp³-hybridized carbons (Fsp3) is 0.0833. The maximum atomic E-state index is 11.0. The zero-order chi connectivity index (χ0) is 12.1. The number of hydrogen-bond acceptors (Lipinski definition) is 4. The van der Waals surface area contributed by atoms with Crippen molar-refractivity contribution in [2.75, 3.05) is 5.32 Å². The second-order valence-corrected chi connectivity index (χ2v) is 3.46. The molecule has 1 aromatic carbocycles. The molecule has 0 bridgehead atoms. The van der Waals surface area contributed by atoms with Crippen LogP contribution >= 0.6 is 0 Å². The van der Waals surface area contributed by atoms with Gasteiger partial charge in [0.05, 0.1) is 0 Å². The second kappa shape index (κ2) is 5.07. The lowest BCUT2D eigenvalue weighted by Crippen LogP contribution is -2.17. The molecule has 2 aromatic rings. The molecule has 0 saturated carbocycles. The van der Waals surface area contributed by atoms with Crippen LogP contribution < -0.4 is 11.0 Å². The average molecular weight is 229 g/mol. The van der Waals surface area contributed by atoms with Gasteiger partial charge in [0.2, 0.25) is 0 Å². The highest BCUT2D eigenvalue weighted by Crippen LogP contribution is 2.14. The maximum absolute atomic E-state index is 11.0. The van der Waals surface area contributed by atoms with Gasteiger partial charge >= 0.3 is 5.69 Å². The first-order valence-electron chi connectivity index (χ1n) is 5.12. The molecule has 17 heavy (non-hydrogen) atoms. The van der Waals surface area contributed by atoms with E-state index < -0.39 is 11.7 Å². The van der Waals surface area contributed by atoms with Crippen LogP contribution in [0.2, 0.25) is 0 Å². The van der Waals surface area contributed by atoms with Gasteiger partial charge in [0, 0.05) is 6.20 Å². The molecule has 2 N–H and O–H groups in total. The van der Waals surface area contributed by atoms with Crippen LogP contribution in [0.25, 0.3) is 0 Å². The highest BCUT2D eigenvalue weighted by atomic mass is 16.1. The standard InChI is InChI=1S/C12H11N3O2/c16-8-10(9-4-2-1-3-5-9)14-11-6-7-13-12(17)15-11/h1-8,10H,(H2,13,14,15,17). The fourth-order valence-electron chi connectivity index (χ4n) is 1.48. The van der Waals surface area contributed by atoms with E-state index in [4.69, 9.17) is 0 Å². The Morgan fingerprint density at radius 3 is 2.65 bits per heavy atom. The molecule has 1 aromatic heterocycles. The zero-order valence-corrected chi connectivity index (χ0v) is 8.96. The molecule has 0 aliphatic carbocycles. The first kappa shape index (κ1) is 11.1. The maximum Gasteiger partial charge on any atom is 0.346 e. The molecule has 1 unspecified atom stereocenters. The number of benzene rings is 1. The van der Waals surface area contributed by atoms with Gasteiger partial charge < -0.3 is 10.1 Å². The van der Waals surface area contributed by atoms with Crippen molar-refractivity contribution in [2.24, 2.45) is 0 Å². The summed E-state index contributed by atoms with van der Waals surface area (Å²) in [6.45, 7) is 0. The molecular weight excluding hydrogens is 218 g/mol. The molecule has 5 heteroatoms. The summed E-state index contributed by atoms with van der Waals surface area (Å²) < 4.78 is 0. The van der Waals surface area contributed by atoms with Crippen molar-refractivity contribution < 1.29 is 4.79 Å². The third-order valence-corrected chi connectivity index (χ3v) is 2.28. The molecule has 1 heterocycles. The zero-order valence-electron chi connectivity index (χ0n) is 8.96. The largest absolute Gasteiger partial charge is 0.358 e. The van der Waals surface area contributed by atoms with Gasteiger partial charge in [-0.25, -0.2) is 9.78 Å². The van der Waals surface area contributed by atoms with E-state index >= 15 is 0 Å². The van der Waals surface area contributed by atoms with Crippen LogP contribution in [-0.2, 0) is 4.79 Å². The Labute approximate surface area is 97.5 Å². The Hall–Kier alpha value is -2.43. The number of carbonyl (C=O) groups excluding carboxylic acids is 1. The molecule has 0 fully saturated rings. The highest BCUT2D eigenvalue weighted by molar-refractivity contribution is 5.66. The summed E-state index contributed by atoms with van der Waals surface area (Å²) in [7, 11) is 0. The summed E-state index contributed by atoms with van der Waals surface area (Å²) in [5.74, 6) is 0.464. The van der Waals surface area contributed by atoms with E-state index in [9.17, 15) is 9.59 Å². The minimum Gasteiger partial charge on any atom is -0.358 e. The van der Waals surface area contributed by atoms with Crippen LogP contribution in [0.15, 0.2) is 47.4 Å². The first-order chi connectivity index (χ1) is 8.29. The van der Waals surface area contributed by atoms with Gasteiger partial charge in [-0.15, -0.1) is 0 Å². The van der Waals surface area contributed by atoms with E-state index in [1.807, 2.05) is 30.3 Å². The normalized spacial score (nSPS) is 11.8. The average Bonchev–Trinajstić information content (AvgIpc) is 2.37. The Morgan fingerprint density at radius 1 is 1.24 bits per heavy atom. The summed E-state index contributed by atoms with van der Waals surface area (Å²) in [6, 6.07) is 10.4. The van der Waals surface area contributed by atoms with Crippen LogP contribution in [-0.4, -0.2) is 16.3 Å². The number of aromatic nitrogens is 2. The van der Waals surface area contributed by atoms with Crippen LogP contribution in [0.5, 0.6) is 0 Å². The molecule has 0 amide bonds. The lowest BCUT2D eigenvalue weighted by Gasteiger charge is -2.13. The van der Waals surface area contributed by atoms with Gasteiger partial charge in [-0.1, -0.05) is 30.3 Å². The summed E-state index contributed by atoms with van der Waals surface area (Å²) in [6.07, 6.45) is 2.17. The van der Waals surface area contributed by atoms with E-state index in [0.717, 1.165) is 11.8 Å². The number of anilines is 1. The van der Waals surface area contributed by atoms with Crippen molar-refractivity contribution in [2.45, 2.75) is 6.04 Å². The number of aldehydes is 1. The van der Waals surface area contributed by atoms with Crippen molar-refractivity contribution in [3.05, 3.63) is 58.6 Å². The molecule has 0 aliphatic heterocycles. The molecule has 2 rings (SSSR count). The lowest BCUT2D eigenvalue weighted by molar-refractivity contribution is -0.108. The number of nitrogens with one attached hydrogen (secondary N) is 2. The topological polar surface area (TPSA) is 74.8 Å². The molecule has 0 saturated heterocycles. The number of hydrogen-bond donors (Lipinski definition) is 2. The molecule has 86 valence electrons. The van der Waals surface area contributed by atoms with E-state index in [2.05, 4.69) is 15.3 Å². The molecular formula is C12H11N3O2. The van der Waals surface area contributed by atoms with Crippen molar-refractivity contribution in [1.82, 2.24) is 9.97 Å². The minimum absolute atomic E-state index is 0.451. The van der Waals surface area contributed by atoms with Crippen LogP contribution in [0, 0.1) is 0 Å². The van der Waals surface area contributed by atoms with E-state index in [-0.39, 0.29) is 0 Å². The Bertz CT molecular complexity index is 551. The van der Waals surface area contributed by atoms with Gasteiger partial charge in [-0.3, -0.25) is 4.98 Å². The number of H-pyrrole nitrogens is 1. The number of rotatable bonds is 4. The fourth-order valence-corrected chi connectivity index (χ4v) is 1.48. The first-order valence-corrected chi connectivity index (χ1v) is 5.12. The van der Waals surface area contributed by atoms with Crippen LogP contribution in [0.3, 0.4) is 0 Å². The third-order valence-electron chi connectivity index (χ3n) is 2.28. The highest BCUT2D eigenvalue weighted by Gasteiger charge is 2.09. The Morgan fingerprint density at radius 2 is 2.00 bits per heavy atom. The minimum atomic E-state index is -0.491. The SMILES string of the molecule is O=CC(Nc1ccnc(=O)[nH]1)c1ccccc1. The summed E-state index contributed by atoms with van der Waals surface area (Å²) in [5.41, 5.74) is 0.382. The van der Waals surface area contributed by atoms with Crippen molar-refractivity contribution in [1.29, 1.82) is 0 Å². The number of nitrogens with zero attached hydrogens (tertiary/aromatic N) is 1. The smallest absolute Gasteiger partial charge is 0.346 e. The number of carbonyl (C=O) groups is 1. The van der Waals surface area contributed by atoms with Crippen LogP contribution in [0.1, 0.15) is 11.6 Å². The second-order valence-electron chi connectivity index (χ2n) is 3.46. The molecule has 1 atom stereocenters. The third kappa shape index (κ3) is 2.78. The predicted octanol–water partition coefficient (Wildman–Crippen LogP) is 1.12. The van der Waals surface area contributed by atoms with Gasteiger partial charge in [-0.05, 0) is 11.6 Å². The van der Waals surface area contributed by atoms with Crippen molar-refractivity contribution in [3.63, 3.8) is 0 Å². The quantitative estimate of drug-likeness (QED) is 0.770. The van der Waals surface area contributed by atoms with E-state index in [1.165, 1.54) is 6.20 Å². The van der Waals surface area contributed by atoms with Gasteiger partial charge in [0.15, 0.2) is 0 Å². The molecule has 0 radical (unpaired) electrons. The molecule has 0 aliphatic rings. The lowest BCUT2D eigenvalue weighted by atomic mass is 10.1. The molecule has 0 spiro atoms. The monoisotopic (exact) mass is 229 g/mol. The molecule has 5 nitrogen and oxygen atoms in total. The van der Waals surface area contributed by atoms with Gasteiger partial charge in [-0.2, -0.15) is 0 Å². The van der Waals surface area contributed by atoms with Crippen molar-refractivity contribution >= 4 is 12.1 Å². The van der Waals surface area contributed by atoms with E-state index in [1.54, 1.807) is 6.07 Å². The Balaban J connectivity index is 2.22. The summed E-state index contributed by atoms with van der Waals surface area (Å²) in [4.78, 5) is 28.0. The van der Waals surface area contributed by atoms with Crippen molar-refractivity contribution in [3.8, 4) is 0 Å². The number of aromatic amines is 1. The van der Waals surface area contributed by atoms with Gasteiger partial charge in [0.25, 0.3) is 0 Å².